The van der Waals surface area contributed by atoms with Crippen molar-refractivity contribution in [3.8, 4) is 0 Å². The maximum Gasteiger partial charge on any atom is 0.270 e. The number of para-hydroxylation sites is 1. The fourth-order valence-corrected chi connectivity index (χ4v) is 2.59. The summed E-state index contributed by atoms with van der Waals surface area (Å²) in [6.45, 7) is 4.36. The molecule has 26 heavy (non-hydrogen) atoms. The van der Waals surface area contributed by atoms with Gasteiger partial charge in [0.2, 0.25) is 5.95 Å². The first-order valence-corrected chi connectivity index (χ1v) is 8.53. The van der Waals surface area contributed by atoms with E-state index in [2.05, 4.69) is 38.6 Å². The summed E-state index contributed by atoms with van der Waals surface area (Å²) in [5.74, 6) is 0.180. The average molecular weight is 347 g/mol. The zero-order valence-corrected chi connectivity index (χ0v) is 14.9. The molecule has 0 aliphatic carbocycles. The van der Waals surface area contributed by atoms with Gasteiger partial charge in [-0.3, -0.25) is 9.78 Å². The van der Waals surface area contributed by atoms with Crippen LogP contribution in [0.15, 0.2) is 54.9 Å². The molecule has 1 aromatic carbocycles. The second kappa shape index (κ2) is 8.20. The number of carbonyl (C=O) groups excluding carboxylic acids is 1. The Balaban J connectivity index is 1.75. The van der Waals surface area contributed by atoms with Crippen LogP contribution in [0.2, 0.25) is 0 Å². The molecule has 6 heteroatoms. The van der Waals surface area contributed by atoms with Crippen molar-refractivity contribution in [3.63, 3.8) is 0 Å². The standard InChI is InChI=1S/C20H21N5O/c1-3-16-6-4-5-7-17(16)24-20-23-14(2)12-18(25-20)19(26)22-13-15-8-10-21-11-9-15/h4-12H,3,13H2,1-2H3,(H,22,26)(H,23,24,25). The van der Waals surface area contributed by atoms with Gasteiger partial charge in [0, 0.05) is 30.3 Å². The Morgan fingerprint density at radius 1 is 1.08 bits per heavy atom. The number of benzene rings is 1. The number of carbonyl (C=O) groups is 1. The molecule has 2 N–H and O–H groups in total. The van der Waals surface area contributed by atoms with Crippen LogP contribution in [0.3, 0.4) is 0 Å². The predicted octanol–water partition coefficient (Wildman–Crippen LogP) is 3.42. The highest BCUT2D eigenvalue weighted by Gasteiger charge is 2.11. The topological polar surface area (TPSA) is 79.8 Å². The molecule has 1 amide bonds. The zero-order chi connectivity index (χ0) is 18.4. The molecule has 0 atom stereocenters. The van der Waals surface area contributed by atoms with Gasteiger partial charge >= 0.3 is 0 Å². The van der Waals surface area contributed by atoms with E-state index in [4.69, 9.17) is 0 Å². The Bertz CT molecular complexity index is 896. The third-order valence-corrected chi connectivity index (χ3v) is 3.93. The van der Waals surface area contributed by atoms with Crippen LogP contribution in [-0.2, 0) is 13.0 Å². The normalized spacial score (nSPS) is 10.4. The molecule has 0 spiro atoms. The van der Waals surface area contributed by atoms with E-state index < -0.39 is 0 Å². The minimum absolute atomic E-state index is 0.237. The number of rotatable bonds is 6. The summed E-state index contributed by atoms with van der Waals surface area (Å²) in [4.78, 5) is 25.2. The smallest absolute Gasteiger partial charge is 0.270 e. The fourth-order valence-electron chi connectivity index (χ4n) is 2.59. The van der Waals surface area contributed by atoms with E-state index in [0.717, 1.165) is 23.4 Å². The van der Waals surface area contributed by atoms with Crippen LogP contribution in [0.25, 0.3) is 0 Å². The summed E-state index contributed by atoms with van der Waals surface area (Å²) < 4.78 is 0. The van der Waals surface area contributed by atoms with Gasteiger partial charge < -0.3 is 10.6 Å². The Morgan fingerprint density at radius 2 is 1.85 bits per heavy atom. The summed E-state index contributed by atoms with van der Waals surface area (Å²) >= 11 is 0. The highest BCUT2D eigenvalue weighted by molar-refractivity contribution is 5.92. The molecule has 3 aromatic rings. The van der Waals surface area contributed by atoms with Crippen molar-refractivity contribution in [2.45, 2.75) is 26.8 Å². The zero-order valence-electron chi connectivity index (χ0n) is 14.9. The van der Waals surface area contributed by atoms with Gasteiger partial charge in [0.15, 0.2) is 0 Å². The van der Waals surface area contributed by atoms with E-state index in [-0.39, 0.29) is 5.91 Å². The van der Waals surface area contributed by atoms with E-state index >= 15 is 0 Å². The Labute approximate surface area is 152 Å². The molecule has 132 valence electrons. The van der Waals surface area contributed by atoms with Crippen LogP contribution >= 0.6 is 0 Å². The second-order valence-corrected chi connectivity index (χ2v) is 5.89. The lowest BCUT2D eigenvalue weighted by atomic mass is 10.1. The molecule has 2 aromatic heterocycles. The lowest BCUT2D eigenvalue weighted by Crippen LogP contribution is -2.24. The van der Waals surface area contributed by atoms with E-state index in [1.807, 2.05) is 37.3 Å². The maximum atomic E-state index is 12.5. The monoisotopic (exact) mass is 347 g/mol. The SMILES string of the molecule is CCc1ccccc1Nc1nc(C)cc(C(=O)NCc2ccncc2)n1. The molecule has 0 radical (unpaired) electrons. The quantitative estimate of drug-likeness (QED) is 0.714. The second-order valence-electron chi connectivity index (χ2n) is 5.89. The number of nitrogens with one attached hydrogen (secondary N) is 2. The molecular weight excluding hydrogens is 326 g/mol. The summed E-state index contributed by atoms with van der Waals surface area (Å²) in [6, 6.07) is 13.4. The highest BCUT2D eigenvalue weighted by atomic mass is 16.1. The van der Waals surface area contributed by atoms with Gasteiger partial charge in [-0.2, -0.15) is 0 Å². The molecule has 0 fully saturated rings. The number of nitrogens with zero attached hydrogens (tertiary/aromatic N) is 3. The van der Waals surface area contributed by atoms with Crippen molar-refractivity contribution in [1.82, 2.24) is 20.3 Å². The molecule has 2 heterocycles. The predicted molar refractivity (Wildman–Crippen MR) is 101 cm³/mol. The summed E-state index contributed by atoms with van der Waals surface area (Å²) in [5.41, 5.74) is 4.16. The molecule has 0 saturated heterocycles. The van der Waals surface area contributed by atoms with Crippen molar-refractivity contribution in [3.05, 3.63) is 77.4 Å². The van der Waals surface area contributed by atoms with Crippen LogP contribution < -0.4 is 10.6 Å². The molecular formula is C20H21N5O. The first-order chi connectivity index (χ1) is 12.7. The number of amides is 1. The largest absolute Gasteiger partial charge is 0.347 e. The number of aryl methyl sites for hydroxylation is 2. The van der Waals surface area contributed by atoms with E-state index in [9.17, 15) is 4.79 Å². The van der Waals surface area contributed by atoms with Crippen LogP contribution in [-0.4, -0.2) is 20.9 Å². The van der Waals surface area contributed by atoms with Crippen molar-refractivity contribution in [2.24, 2.45) is 0 Å². The summed E-state index contributed by atoms with van der Waals surface area (Å²) in [7, 11) is 0. The molecule has 0 saturated carbocycles. The first-order valence-electron chi connectivity index (χ1n) is 8.53. The number of pyridine rings is 1. The molecule has 0 bridgehead atoms. The fraction of sp³-hybridized carbons (Fsp3) is 0.200. The van der Waals surface area contributed by atoms with Gasteiger partial charge in [-0.05, 0) is 48.7 Å². The Morgan fingerprint density at radius 3 is 2.62 bits per heavy atom. The molecule has 3 rings (SSSR count). The number of hydrogen-bond donors (Lipinski definition) is 2. The van der Waals surface area contributed by atoms with Gasteiger partial charge in [0.25, 0.3) is 5.91 Å². The highest BCUT2D eigenvalue weighted by Crippen LogP contribution is 2.19. The van der Waals surface area contributed by atoms with Crippen LogP contribution in [0.4, 0.5) is 11.6 Å². The van der Waals surface area contributed by atoms with Crippen molar-refractivity contribution in [1.29, 1.82) is 0 Å². The Kier molecular flexibility index (Phi) is 5.53. The molecule has 0 aliphatic heterocycles. The Hall–Kier alpha value is -3.28. The third kappa shape index (κ3) is 4.42. The number of anilines is 2. The van der Waals surface area contributed by atoms with Crippen molar-refractivity contribution >= 4 is 17.5 Å². The van der Waals surface area contributed by atoms with Gasteiger partial charge in [-0.1, -0.05) is 25.1 Å². The van der Waals surface area contributed by atoms with E-state index in [1.165, 1.54) is 5.56 Å². The maximum absolute atomic E-state index is 12.5. The summed E-state index contributed by atoms with van der Waals surface area (Å²) in [6.07, 6.45) is 4.29. The molecule has 0 aliphatic rings. The van der Waals surface area contributed by atoms with Crippen LogP contribution in [0.1, 0.15) is 34.2 Å². The average Bonchev–Trinajstić information content (AvgIpc) is 2.67. The van der Waals surface area contributed by atoms with Crippen molar-refractivity contribution in [2.75, 3.05) is 5.32 Å². The lowest BCUT2D eigenvalue weighted by Gasteiger charge is -2.11. The van der Waals surface area contributed by atoms with Gasteiger partial charge in [-0.25, -0.2) is 9.97 Å². The third-order valence-electron chi connectivity index (χ3n) is 3.93. The van der Waals surface area contributed by atoms with Crippen LogP contribution in [0, 0.1) is 6.92 Å². The first kappa shape index (κ1) is 17.5. The van der Waals surface area contributed by atoms with E-state index in [0.29, 0.717) is 18.2 Å². The van der Waals surface area contributed by atoms with Crippen LogP contribution in [0.5, 0.6) is 0 Å². The lowest BCUT2D eigenvalue weighted by molar-refractivity contribution is 0.0945. The molecule has 0 unspecified atom stereocenters. The van der Waals surface area contributed by atoms with Gasteiger partial charge in [-0.15, -0.1) is 0 Å². The summed E-state index contributed by atoms with van der Waals surface area (Å²) in [5, 5.41) is 6.09. The van der Waals surface area contributed by atoms with Gasteiger partial charge in [0.05, 0.1) is 0 Å². The van der Waals surface area contributed by atoms with E-state index in [1.54, 1.807) is 18.5 Å². The number of hydrogen-bond acceptors (Lipinski definition) is 5. The minimum Gasteiger partial charge on any atom is -0.347 e. The minimum atomic E-state index is -0.237. The molecule has 6 nitrogen and oxygen atoms in total. The van der Waals surface area contributed by atoms with Gasteiger partial charge in [0.1, 0.15) is 5.69 Å². The number of aromatic nitrogens is 3. The van der Waals surface area contributed by atoms with Crippen molar-refractivity contribution < 1.29 is 4.79 Å².